The first-order chi connectivity index (χ1) is 16.3. The topological polar surface area (TPSA) is 92.8 Å². The van der Waals surface area contributed by atoms with Crippen LogP contribution in [0.3, 0.4) is 0 Å². The van der Waals surface area contributed by atoms with Crippen LogP contribution in [0.25, 0.3) is 0 Å². The lowest BCUT2D eigenvalue weighted by molar-refractivity contribution is -0.151. The first-order valence-corrected chi connectivity index (χ1v) is 10.9. The number of benzene rings is 3. The summed E-state index contributed by atoms with van der Waals surface area (Å²) in [5.74, 6) is -2.45. The number of imide groups is 1. The van der Waals surface area contributed by atoms with Gasteiger partial charge in [-0.1, -0.05) is 60.2 Å². The van der Waals surface area contributed by atoms with Crippen molar-refractivity contribution in [3.63, 3.8) is 0 Å². The van der Waals surface area contributed by atoms with Crippen molar-refractivity contribution in [1.29, 1.82) is 0 Å². The van der Waals surface area contributed by atoms with Gasteiger partial charge in [0, 0.05) is 12.1 Å². The van der Waals surface area contributed by atoms with Crippen molar-refractivity contribution in [3.8, 4) is 0 Å². The molecule has 7 heteroatoms. The molecule has 0 saturated heterocycles. The number of nitrogens with one attached hydrogen (secondary N) is 1. The summed E-state index contributed by atoms with van der Waals surface area (Å²) < 4.78 is 5.28. The van der Waals surface area contributed by atoms with Crippen molar-refractivity contribution in [1.82, 2.24) is 4.90 Å². The fraction of sp³-hybridized carbons (Fsp3) is 0.185. The van der Waals surface area contributed by atoms with Crippen LogP contribution in [-0.2, 0) is 20.7 Å². The molecule has 1 aliphatic rings. The molecule has 3 aromatic carbocycles. The predicted octanol–water partition coefficient (Wildman–Crippen LogP) is 3.69. The van der Waals surface area contributed by atoms with Gasteiger partial charge in [-0.05, 0) is 43.2 Å². The Morgan fingerprint density at radius 3 is 2.12 bits per heavy atom. The van der Waals surface area contributed by atoms with Gasteiger partial charge in [-0.15, -0.1) is 0 Å². The van der Waals surface area contributed by atoms with Gasteiger partial charge >= 0.3 is 5.97 Å². The third kappa shape index (κ3) is 4.73. The van der Waals surface area contributed by atoms with Gasteiger partial charge in [0.1, 0.15) is 6.04 Å². The maximum atomic E-state index is 13.1. The Labute approximate surface area is 197 Å². The van der Waals surface area contributed by atoms with Crippen molar-refractivity contribution >= 4 is 29.4 Å². The quantitative estimate of drug-likeness (QED) is 0.432. The lowest BCUT2D eigenvalue weighted by Crippen LogP contribution is -2.47. The Kier molecular flexibility index (Phi) is 6.54. The number of carbonyl (C=O) groups is 4. The zero-order chi connectivity index (χ0) is 24.2. The average molecular weight is 456 g/mol. The molecule has 0 aliphatic carbocycles. The van der Waals surface area contributed by atoms with Crippen LogP contribution < -0.4 is 5.32 Å². The number of fused-ring (bicyclic) bond motifs is 1. The van der Waals surface area contributed by atoms with Crippen molar-refractivity contribution in [2.45, 2.75) is 26.3 Å². The van der Waals surface area contributed by atoms with Gasteiger partial charge in [0.15, 0.2) is 6.61 Å². The van der Waals surface area contributed by atoms with Gasteiger partial charge in [0.2, 0.25) is 0 Å². The molecular weight excluding hydrogens is 432 g/mol. The van der Waals surface area contributed by atoms with Crippen LogP contribution in [0.5, 0.6) is 0 Å². The van der Waals surface area contributed by atoms with Crippen LogP contribution >= 0.6 is 0 Å². The summed E-state index contributed by atoms with van der Waals surface area (Å²) in [4.78, 5) is 52.5. The van der Waals surface area contributed by atoms with E-state index in [1.165, 1.54) is 0 Å². The zero-order valence-corrected chi connectivity index (χ0v) is 18.9. The van der Waals surface area contributed by atoms with Crippen LogP contribution in [0.1, 0.15) is 37.4 Å². The van der Waals surface area contributed by atoms with Gasteiger partial charge in [-0.3, -0.25) is 19.3 Å². The van der Waals surface area contributed by atoms with Crippen molar-refractivity contribution in [2.75, 3.05) is 11.9 Å². The third-order valence-corrected chi connectivity index (χ3v) is 5.68. The predicted molar refractivity (Wildman–Crippen MR) is 126 cm³/mol. The smallest absolute Gasteiger partial charge is 0.330 e. The summed E-state index contributed by atoms with van der Waals surface area (Å²) in [5, 5.41) is 2.72. The molecule has 0 fully saturated rings. The van der Waals surface area contributed by atoms with Gasteiger partial charge in [0.25, 0.3) is 17.7 Å². The summed E-state index contributed by atoms with van der Waals surface area (Å²) in [6, 6.07) is 19.8. The van der Waals surface area contributed by atoms with E-state index in [4.69, 9.17) is 4.74 Å². The molecule has 172 valence electrons. The largest absolute Gasteiger partial charge is 0.454 e. The number of nitrogens with zero attached hydrogens (tertiary/aromatic N) is 1. The van der Waals surface area contributed by atoms with Crippen LogP contribution in [-0.4, -0.2) is 41.2 Å². The monoisotopic (exact) mass is 456 g/mol. The molecule has 1 aliphatic heterocycles. The maximum absolute atomic E-state index is 13.1. The second-order valence-electron chi connectivity index (χ2n) is 8.21. The van der Waals surface area contributed by atoms with Crippen molar-refractivity contribution in [3.05, 3.63) is 101 Å². The molecule has 0 unspecified atom stereocenters. The minimum Gasteiger partial charge on any atom is -0.454 e. The number of hydrogen-bond donors (Lipinski definition) is 1. The van der Waals surface area contributed by atoms with Crippen LogP contribution in [0, 0.1) is 13.8 Å². The first kappa shape index (κ1) is 22.9. The molecule has 0 saturated carbocycles. The Bertz CT molecular complexity index is 1230. The number of esters is 1. The van der Waals surface area contributed by atoms with E-state index < -0.39 is 36.3 Å². The number of ether oxygens (including phenoxy) is 1. The second kappa shape index (κ2) is 9.70. The molecule has 7 nitrogen and oxygen atoms in total. The minimum absolute atomic E-state index is 0.0732. The number of anilines is 1. The molecule has 0 bridgehead atoms. The standard InChI is InChI=1S/C27H24N2O5/c1-17-12-13-22(18(2)14-17)28-24(30)16-34-27(33)23(15-19-8-4-3-5-9-19)29-25(31)20-10-6-7-11-21(20)26(29)32/h3-14,23H,15-16H2,1-2H3,(H,28,30)/t23-/m1/s1. The molecule has 4 rings (SSSR count). The highest BCUT2D eigenvalue weighted by Gasteiger charge is 2.43. The number of hydrogen-bond acceptors (Lipinski definition) is 5. The van der Waals surface area contributed by atoms with E-state index in [-0.39, 0.29) is 17.5 Å². The Morgan fingerprint density at radius 2 is 1.50 bits per heavy atom. The molecule has 1 N–H and O–H groups in total. The summed E-state index contributed by atoms with van der Waals surface area (Å²) in [6.07, 6.45) is 0.0732. The van der Waals surface area contributed by atoms with Gasteiger partial charge < -0.3 is 10.1 Å². The van der Waals surface area contributed by atoms with Gasteiger partial charge in [-0.2, -0.15) is 0 Å². The normalized spacial score (nSPS) is 13.4. The van der Waals surface area contributed by atoms with E-state index in [0.717, 1.165) is 21.6 Å². The lowest BCUT2D eigenvalue weighted by atomic mass is 10.0. The molecule has 3 amide bonds. The SMILES string of the molecule is Cc1ccc(NC(=O)COC(=O)[C@@H](Cc2ccccc2)N2C(=O)c3ccccc3C2=O)c(C)c1. The van der Waals surface area contributed by atoms with E-state index in [2.05, 4.69) is 5.32 Å². The van der Waals surface area contributed by atoms with E-state index in [1.807, 2.05) is 32.0 Å². The van der Waals surface area contributed by atoms with Crippen molar-refractivity contribution < 1.29 is 23.9 Å². The third-order valence-electron chi connectivity index (χ3n) is 5.68. The minimum atomic E-state index is -1.20. The number of rotatable bonds is 7. The molecule has 1 heterocycles. The summed E-state index contributed by atoms with van der Waals surface area (Å²) >= 11 is 0. The fourth-order valence-electron chi connectivity index (χ4n) is 3.98. The van der Waals surface area contributed by atoms with Crippen LogP contribution in [0.15, 0.2) is 72.8 Å². The number of carbonyl (C=O) groups excluding carboxylic acids is 4. The highest BCUT2D eigenvalue weighted by molar-refractivity contribution is 6.22. The first-order valence-electron chi connectivity index (χ1n) is 10.9. The Balaban J connectivity index is 1.51. The van der Waals surface area contributed by atoms with Gasteiger partial charge in [-0.25, -0.2) is 4.79 Å². The van der Waals surface area contributed by atoms with E-state index >= 15 is 0 Å². The number of aryl methyl sites for hydroxylation is 2. The molecule has 34 heavy (non-hydrogen) atoms. The number of amides is 3. The Morgan fingerprint density at radius 1 is 0.882 bits per heavy atom. The molecule has 1 atom stereocenters. The molecular formula is C27H24N2O5. The van der Waals surface area contributed by atoms with Crippen molar-refractivity contribution in [2.24, 2.45) is 0 Å². The maximum Gasteiger partial charge on any atom is 0.330 e. The van der Waals surface area contributed by atoms with E-state index in [0.29, 0.717) is 5.69 Å². The van der Waals surface area contributed by atoms with Crippen LogP contribution in [0.2, 0.25) is 0 Å². The zero-order valence-electron chi connectivity index (χ0n) is 18.9. The fourth-order valence-corrected chi connectivity index (χ4v) is 3.98. The molecule has 0 aromatic heterocycles. The Hall–Kier alpha value is -4.26. The lowest BCUT2D eigenvalue weighted by Gasteiger charge is -2.24. The summed E-state index contributed by atoms with van der Waals surface area (Å²) in [5.41, 5.74) is 3.80. The average Bonchev–Trinajstić information content (AvgIpc) is 3.08. The summed E-state index contributed by atoms with van der Waals surface area (Å²) in [6.45, 7) is 3.28. The highest BCUT2D eigenvalue weighted by Crippen LogP contribution is 2.26. The highest BCUT2D eigenvalue weighted by atomic mass is 16.5. The van der Waals surface area contributed by atoms with E-state index in [9.17, 15) is 19.2 Å². The van der Waals surface area contributed by atoms with E-state index in [1.54, 1.807) is 54.6 Å². The second-order valence-corrected chi connectivity index (χ2v) is 8.21. The molecule has 0 spiro atoms. The molecule has 0 radical (unpaired) electrons. The molecule has 3 aromatic rings. The summed E-state index contributed by atoms with van der Waals surface area (Å²) in [7, 11) is 0. The van der Waals surface area contributed by atoms with Gasteiger partial charge in [0.05, 0.1) is 11.1 Å². The van der Waals surface area contributed by atoms with Crippen LogP contribution in [0.4, 0.5) is 5.69 Å².